The molecule has 1 heterocycles. The Hall–Kier alpha value is -1.91. The number of carbonyl (C=O) groups is 2. The number of carboxylic acids is 1. The van der Waals surface area contributed by atoms with E-state index in [-0.39, 0.29) is 12.1 Å². The van der Waals surface area contributed by atoms with E-state index in [1.165, 1.54) is 12.1 Å². The molecule has 1 aromatic rings. The Balaban J connectivity index is 2.16. The SMILES string of the molecule is O=C(O)C1CC12C(=O)Nc1c(F)cccc12. The molecule has 1 aliphatic heterocycles. The first kappa shape index (κ1) is 9.33. The third-order valence-corrected chi connectivity index (χ3v) is 3.40. The van der Waals surface area contributed by atoms with Gasteiger partial charge in [0.25, 0.3) is 0 Å². The smallest absolute Gasteiger partial charge is 0.307 e. The first-order chi connectivity index (χ1) is 7.57. The molecule has 0 radical (unpaired) electrons. The third-order valence-electron chi connectivity index (χ3n) is 3.40. The number of benzene rings is 1. The highest BCUT2D eigenvalue weighted by Crippen LogP contribution is 2.60. The Morgan fingerprint density at radius 2 is 2.31 bits per heavy atom. The minimum Gasteiger partial charge on any atom is -0.481 e. The van der Waals surface area contributed by atoms with Crippen LogP contribution in [0.2, 0.25) is 0 Å². The fourth-order valence-electron chi connectivity index (χ4n) is 2.48. The summed E-state index contributed by atoms with van der Waals surface area (Å²) in [7, 11) is 0. The van der Waals surface area contributed by atoms with Crippen LogP contribution in [0.1, 0.15) is 12.0 Å². The van der Waals surface area contributed by atoms with Crippen molar-refractivity contribution in [1.29, 1.82) is 0 Å². The first-order valence-corrected chi connectivity index (χ1v) is 4.90. The average molecular weight is 221 g/mol. The van der Waals surface area contributed by atoms with Crippen molar-refractivity contribution >= 4 is 17.6 Å². The standard InChI is InChI=1S/C11H8FNO3/c12-7-3-1-2-5-8(7)13-10(16)11(5)4-6(11)9(14)15/h1-3,6H,4H2,(H,13,16)(H,14,15). The summed E-state index contributed by atoms with van der Waals surface area (Å²) in [6.45, 7) is 0. The number of rotatable bonds is 1. The summed E-state index contributed by atoms with van der Waals surface area (Å²) in [4.78, 5) is 22.6. The van der Waals surface area contributed by atoms with E-state index in [0.29, 0.717) is 5.56 Å². The Bertz CT molecular complexity index is 528. The van der Waals surface area contributed by atoms with Gasteiger partial charge in [0.1, 0.15) is 5.82 Å². The van der Waals surface area contributed by atoms with Gasteiger partial charge < -0.3 is 10.4 Å². The van der Waals surface area contributed by atoms with Gasteiger partial charge >= 0.3 is 5.97 Å². The molecule has 1 aliphatic carbocycles. The van der Waals surface area contributed by atoms with Gasteiger partial charge in [0, 0.05) is 0 Å². The van der Waals surface area contributed by atoms with E-state index in [1.807, 2.05) is 0 Å². The predicted molar refractivity (Wildman–Crippen MR) is 52.5 cm³/mol. The second-order valence-corrected chi connectivity index (χ2v) is 4.18. The molecule has 4 nitrogen and oxygen atoms in total. The number of hydrogen-bond acceptors (Lipinski definition) is 2. The molecule has 2 unspecified atom stereocenters. The topological polar surface area (TPSA) is 66.4 Å². The molecular formula is C11H8FNO3. The molecule has 1 spiro atoms. The average Bonchev–Trinajstić information content (AvgIpc) is 2.90. The Morgan fingerprint density at radius 1 is 1.56 bits per heavy atom. The van der Waals surface area contributed by atoms with Crippen molar-refractivity contribution in [2.75, 3.05) is 5.32 Å². The van der Waals surface area contributed by atoms with Crippen LogP contribution in [0.4, 0.5) is 10.1 Å². The number of nitrogens with one attached hydrogen (secondary N) is 1. The quantitative estimate of drug-likeness (QED) is 0.746. The van der Waals surface area contributed by atoms with Gasteiger partial charge in [0.2, 0.25) is 5.91 Å². The molecule has 2 atom stereocenters. The molecule has 3 rings (SSSR count). The fraction of sp³-hybridized carbons (Fsp3) is 0.273. The summed E-state index contributed by atoms with van der Waals surface area (Å²) < 4.78 is 13.4. The number of anilines is 1. The number of para-hydroxylation sites is 1. The highest BCUT2D eigenvalue weighted by Gasteiger charge is 2.68. The summed E-state index contributed by atoms with van der Waals surface area (Å²) in [5.41, 5.74) is -0.412. The fourth-order valence-corrected chi connectivity index (χ4v) is 2.48. The van der Waals surface area contributed by atoms with Crippen molar-refractivity contribution in [3.05, 3.63) is 29.6 Å². The lowest BCUT2D eigenvalue weighted by Crippen LogP contribution is -2.24. The zero-order chi connectivity index (χ0) is 11.5. The maximum absolute atomic E-state index is 13.4. The molecule has 1 aromatic carbocycles. The summed E-state index contributed by atoms with van der Waals surface area (Å²) in [5.74, 6) is -2.65. The van der Waals surface area contributed by atoms with Crippen LogP contribution in [0.5, 0.6) is 0 Å². The zero-order valence-electron chi connectivity index (χ0n) is 8.16. The molecule has 0 aromatic heterocycles. The molecule has 1 amide bonds. The molecule has 1 saturated carbocycles. The summed E-state index contributed by atoms with van der Waals surface area (Å²) in [6.07, 6.45) is 0.255. The van der Waals surface area contributed by atoms with E-state index in [1.54, 1.807) is 6.07 Å². The van der Waals surface area contributed by atoms with Crippen LogP contribution in [0.15, 0.2) is 18.2 Å². The van der Waals surface area contributed by atoms with E-state index in [2.05, 4.69) is 5.32 Å². The molecule has 5 heteroatoms. The Labute approximate surface area is 90.1 Å². The van der Waals surface area contributed by atoms with Crippen molar-refractivity contribution in [2.24, 2.45) is 5.92 Å². The van der Waals surface area contributed by atoms with Gasteiger partial charge in [-0.15, -0.1) is 0 Å². The lowest BCUT2D eigenvalue weighted by Gasteiger charge is -2.05. The number of aliphatic carboxylic acids is 1. The molecule has 2 aliphatic rings. The van der Waals surface area contributed by atoms with Crippen LogP contribution in [0, 0.1) is 11.7 Å². The van der Waals surface area contributed by atoms with Crippen molar-refractivity contribution < 1.29 is 19.1 Å². The molecule has 16 heavy (non-hydrogen) atoms. The molecule has 82 valence electrons. The van der Waals surface area contributed by atoms with Gasteiger partial charge in [0.15, 0.2) is 0 Å². The van der Waals surface area contributed by atoms with Crippen molar-refractivity contribution in [1.82, 2.24) is 0 Å². The Kier molecular flexibility index (Phi) is 1.52. The van der Waals surface area contributed by atoms with Gasteiger partial charge in [-0.05, 0) is 18.1 Å². The van der Waals surface area contributed by atoms with E-state index in [0.717, 1.165) is 0 Å². The highest BCUT2D eigenvalue weighted by atomic mass is 19.1. The van der Waals surface area contributed by atoms with E-state index in [4.69, 9.17) is 5.11 Å². The van der Waals surface area contributed by atoms with Crippen LogP contribution < -0.4 is 5.32 Å². The second-order valence-electron chi connectivity index (χ2n) is 4.18. The number of hydrogen-bond donors (Lipinski definition) is 2. The minimum atomic E-state index is -1.02. The van der Waals surface area contributed by atoms with Gasteiger partial charge in [-0.25, -0.2) is 4.39 Å². The normalized spacial score (nSPS) is 30.1. The van der Waals surface area contributed by atoms with Crippen LogP contribution in [0.3, 0.4) is 0 Å². The van der Waals surface area contributed by atoms with E-state index < -0.39 is 29.0 Å². The lowest BCUT2D eigenvalue weighted by molar-refractivity contribution is -0.140. The maximum atomic E-state index is 13.4. The monoisotopic (exact) mass is 221 g/mol. The van der Waals surface area contributed by atoms with Gasteiger partial charge in [0.05, 0.1) is 17.0 Å². The van der Waals surface area contributed by atoms with E-state index >= 15 is 0 Å². The van der Waals surface area contributed by atoms with Gasteiger partial charge in [-0.2, -0.15) is 0 Å². The summed E-state index contributed by atoms with van der Waals surface area (Å²) >= 11 is 0. The molecular weight excluding hydrogens is 213 g/mol. The lowest BCUT2D eigenvalue weighted by atomic mass is 9.95. The number of amides is 1. The number of carboxylic acid groups (broad SMARTS) is 1. The Morgan fingerprint density at radius 3 is 2.94 bits per heavy atom. The van der Waals surface area contributed by atoms with Crippen LogP contribution in [-0.2, 0) is 15.0 Å². The summed E-state index contributed by atoms with van der Waals surface area (Å²) in [6, 6.07) is 4.35. The number of halogens is 1. The van der Waals surface area contributed by atoms with Crippen molar-refractivity contribution in [3.8, 4) is 0 Å². The second kappa shape index (κ2) is 2.61. The van der Waals surface area contributed by atoms with Crippen LogP contribution in [-0.4, -0.2) is 17.0 Å². The molecule has 0 bridgehead atoms. The van der Waals surface area contributed by atoms with Crippen LogP contribution in [0.25, 0.3) is 0 Å². The minimum absolute atomic E-state index is 0.135. The van der Waals surface area contributed by atoms with Crippen molar-refractivity contribution in [3.63, 3.8) is 0 Å². The summed E-state index contributed by atoms with van der Waals surface area (Å²) in [5, 5.41) is 11.3. The number of carbonyl (C=O) groups excluding carboxylic acids is 1. The van der Waals surface area contributed by atoms with Crippen LogP contribution >= 0.6 is 0 Å². The zero-order valence-corrected chi connectivity index (χ0v) is 8.16. The van der Waals surface area contributed by atoms with E-state index in [9.17, 15) is 14.0 Å². The third kappa shape index (κ3) is 0.881. The van der Waals surface area contributed by atoms with Gasteiger partial charge in [-0.3, -0.25) is 9.59 Å². The molecule has 0 saturated heterocycles. The largest absolute Gasteiger partial charge is 0.481 e. The number of fused-ring (bicyclic) bond motifs is 2. The molecule has 1 fully saturated rings. The van der Waals surface area contributed by atoms with Gasteiger partial charge in [-0.1, -0.05) is 12.1 Å². The predicted octanol–water partition coefficient (Wildman–Crippen LogP) is 1.12. The first-order valence-electron chi connectivity index (χ1n) is 4.90. The highest BCUT2D eigenvalue weighted by molar-refractivity contribution is 6.12. The molecule has 2 N–H and O–H groups in total. The maximum Gasteiger partial charge on any atom is 0.307 e. The van der Waals surface area contributed by atoms with Crippen molar-refractivity contribution in [2.45, 2.75) is 11.8 Å².